The number of nitrogens with zero attached hydrogens (tertiary/aromatic N) is 2. The van der Waals surface area contributed by atoms with Gasteiger partial charge in [0.25, 0.3) is 6.43 Å². The van der Waals surface area contributed by atoms with Crippen LogP contribution < -0.4 is 15.1 Å². The molecule has 0 saturated carbocycles. The normalized spacial score (nSPS) is 22.1. The Morgan fingerprint density at radius 2 is 1.89 bits per heavy atom. The number of cyclic esters (lactones) is 1. The number of amides is 1. The van der Waals surface area contributed by atoms with Crippen molar-refractivity contribution in [2.75, 3.05) is 47.5 Å². The van der Waals surface area contributed by atoms with Crippen LogP contribution in [0.15, 0.2) is 24.3 Å². The predicted octanol–water partition coefficient (Wildman–Crippen LogP) is 1.82. The number of thiocarbonyl (C=S) groups is 1. The van der Waals surface area contributed by atoms with Crippen LogP contribution in [0.2, 0.25) is 0 Å². The number of anilines is 2. The number of rotatable bonds is 5. The van der Waals surface area contributed by atoms with E-state index < -0.39 is 33.4 Å². The van der Waals surface area contributed by atoms with Gasteiger partial charge >= 0.3 is 6.09 Å². The summed E-state index contributed by atoms with van der Waals surface area (Å²) < 4.78 is 53.5. The first-order valence-corrected chi connectivity index (χ1v) is 11.1. The molecule has 0 aliphatic carbocycles. The molecule has 3 rings (SSSR count). The Hall–Kier alpha value is -2.01. The zero-order chi connectivity index (χ0) is 20.3. The Balaban J connectivity index is 1.60. The van der Waals surface area contributed by atoms with Crippen molar-refractivity contribution in [1.29, 1.82) is 0 Å². The molecule has 2 aliphatic heterocycles. The molecule has 0 spiro atoms. The van der Waals surface area contributed by atoms with Crippen molar-refractivity contribution in [3.63, 3.8) is 0 Å². The highest BCUT2D eigenvalue weighted by atomic mass is 32.2. The third kappa shape index (κ3) is 5.07. The molecule has 1 N–H and O–H groups in total. The number of carbonyl (C=O) groups is 1. The predicted molar refractivity (Wildman–Crippen MR) is 106 cm³/mol. The SMILES string of the molecule is O=C1O[C@@H](CNC(=S)C(F)F)CN1c1ccc(N2CCCS(=O)(=O)CC2)cc1. The van der Waals surface area contributed by atoms with E-state index in [9.17, 15) is 22.0 Å². The standard InChI is InChI=1S/C17H21F2N3O4S2/c18-15(19)16(27)20-10-14-11-22(17(23)26-14)13-4-2-12(3-5-13)21-6-1-8-28(24,25)9-7-21/h2-5,14-15H,1,6-11H2,(H,20,27)/t14-/m0/s1. The van der Waals surface area contributed by atoms with Gasteiger partial charge in [-0.2, -0.15) is 0 Å². The van der Waals surface area contributed by atoms with E-state index in [1.807, 2.05) is 17.0 Å². The summed E-state index contributed by atoms with van der Waals surface area (Å²) in [5.74, 6) is 0.327. The lowest BCUT2D eigenvalue weighted by Gasteiger charge is -2.23. The van der Waals surface area contributed by atoms with Gasteiger partial charge in [-0.15, -0.1) is 0 Å². The first kappa shape index (κ1) is 20.7. The highest BCUT2D eigenvalue weighted by Gasteiger charge is 2.32. The van der Waals surface area contributed by atoms with Crippen molar-refractivity contribution >= 4 is 44.5 Å². The minimum Gasteiger partial charge on any atom is -0.442 e. The van der Waals surface area contributed by atoms with E-state index in [1.54, 1.807) is 12.1 Å². The summed E-state index contributed by atoms with van der Waals surface area (Å²) in [6.07, 6.45) is -3.30. The molecule has 0 aromatic heterocycles. The van der Waals surface area contributed by atoms with Gasteiger partial charge in [0.1, 0.15) is 11.1 Å². The lowest BCUT2D eigenvalue weighted by Crippen LogP contribution is -2.36. The number of benzene rings is 1. The van der Waals surface area contributed by atoms with Crippen LogP contribution in [-0.4, -0.2) is 69.7 Å². The summed E-state index contributed by atoms with van der Waals surface area (Å²) in [7, 11) is -2.99. The molecule has 0 unspecified atom stereocenters. The van der Waals surface area contributed by atoms with Gasteiger partial charge in [0, 0.05) is 24.5 Å². The van der Waals surface area contributed by atoms with Crippen molar-refractivity contribution in [2.24, 2.45) is 0 Å². The van der Waals surface area contributed by atoms with Gasteiger partial charge in [0.15, 0.2) is 9.84 Å². The number of sulfone groups is 1. The molecule has 1 atom stereocenters. The average molecular weight is 434 g/mol. The van der Waals surface area contributed by atoms with Crippen LogP contribution in [0.25, 0.3) is 0 Å². The second kappa shape index (κ2) is 8.56. The largest absolute Gasteiger partial charge is 0.442 e. The van der Waals surface area contributed by atoms with E-state index in [-0.39, 0.29) is 24.6 Å². The van der Waals surface area contributed by atoms with E-state index in [0.29, 0.717) is 25.2 Å². The Kier molecular flexibility index (Phi) is 6.33. The first-order valence-electron chi connectivity index (χ1n) is 8.84. The van der Waals surface area contributed by atoms with Gasteiger partial charge in [-0.05, 0) is 30.7 Å². The average Bonchev–Trinajstić information content (AvgIpc) is 2.92. The molecule has 1 amide bonds. The fraction of sp³-hybridized carbons (Fsp3) is 0.529. The number of hydrogen-bond acceptors (Lipinski definition) is 6. The lowest BCUT2D eigenvalue weighted by atomic mass is 10.2. The zero-order valence-corrected chi connectivity index (χ0v) is 16.6. The highest BCUT2D eigenvalue weighted by molar-refractivity contribution is 7.91. The van der Waals surface area contributed by atoms with E-state index >= 15 is 0 Å². The fourth-order valence-corrected chi connectivity index (χ4v) is 4.53. The fourth-order valence-electron chi connectivity index (χ4n) is 3.17. The molecule has 11 heteroatoms. The van der Waals surface area contributed by atoms with Crippen molar-refractivity contribution in [3.8, 4) is 0 Å². The maximum atomic E-state index is 12.4. The van der Waals surface area contributed by atoms with Gasteiger partial charge in [-0.3, -0.25) is 4.90 Å². The minimum absolute atomic E-state index is 0.0196. The van der Waals surface area contributed by atoms with Crippen molar-refractivity contribution < 1.29 is 26.7 Å². The molecule has 2 heterocycles. The molecule has 0 radical (unpaired) electrons. The maximum Gasteiger partial charge on any atom is 0.414 e. The third-order valence-electron chi connectivity index (χ3n) is 4.66. The minimum atomic E-state index is -2.99. The lowest BCUT2D eigenvalue weighted by molar-refractivity contribution is 0.142. The van der Waals surface area contributed by atoms with Gasteiger partial charge in [-0.25, -0.2) is 22.0 Å². The molecule has 154 valence electrons. The summed E-state index contributed by atoms with van der Waals surface area (Å²) in [4.78, 5) is 14.9. The number of ether oxygens (including phenoxy) is 1. The van der Waals surface area contributed by atoms with Crippen LogP contribution >= 0.6 is 12.2 Å². The van der Waals surface area contributed by atoms with E-state index in [1.165, 1.54) is 4.90 Å². The molecule has 1 aromatic rings. The molecular weight excluding hydrogens is 412 g/mol. The molecule has 2 aliphatic rings. The van der Waals surface area contributed by atoms with Gasteiger partial charge in [0.05, 0.1) is 24.6 Å². The maximum absolute atomic E-state index is 12.4. The zero-order valence-electron chi connectivity index (χ0n) is 15.0. The van der Waals surface area contributed by atoms with Crippen molar-refractivity contribution in [1.82, 2.24) is 5.32 Å². The third-order valence-corrected chi connectivity index (χ3v) is 6.70. The van der Waals surface area contributed by atoms with Crippen LogP contribution in [0.4, 0.5) is 25.0 Å². The smallest absolute Gasteiger partial charge is 0.414 e. The first-order chi connectivity index (χ1) is 13.2. The molecule has 28 heavy (non-hydrogen) atoms. The Bertz CT molecular complexity index is 833. The van der Waals surface area contributed by atoms with E-state index in [4.69, 9.17) is 4.74 Å². The molecule has 2 fully saturated rings. The summed E-state index contributed by atoms with van der Waals surface area (Å²) in [5.41, 5.74) is 1.50. The van der Waals surface area contributed by atoms with E-state index in [2.05, 4.69) is 17.5 Å². The van der Waals surface area contributed by atoms with Crippen LogP contribution in [0, 0.1) is 0 Å². The molecular formula is C17H21F2N3O4S2. The topological polar surface area (TPSA) is 79.0 Å². The number of alkyl halides is 2. The van der Waals surface area contributed by atoms with Crippen molar-refractivity contribution in [3.05, 3.63) is 24.3 Å². The monoisotopic (exact) mass is 433 g/mol. The Morgan fingerprint density at radius 3 is 2.57 bits per heavy atom. The number of carbonyl (C=O) groups excluding carboxylic acids is 1. The Labute approximate surface area is 167 Å². The number of halogens is 2. The molecule has 7 nitrogen and oxygen atoms in total. The summed E-state index contributed by atoms with van der Waals surface area (Å²) in [6, 6.07) is 7.18. The molecule has 0 bridgehead atoms. The summed E-state index contributed by atoms with van der Waals surface area (Å²) in [6.45, 7) is 1.33. The van der Waals surface area contributed by atoms with Crippen LogP contribution in [0.1, 0.15) is 6.42 Å². The van der Waals surface area contributed by atoms with Crippen LogP contribution in [0.3, 0.4) is 0 Å². The highest BCUT2D eigenvalue weighted by Crippen LogP contribution is 2.25. The molecule has 1 aromatic carbocycles. The van der Waals surface area contributed by atoms with Gasteiger partial charge in [-0.1, -0.05) is 12.2 Å². The quantitative estimate of drug-likeness (QED) is 0.710. The van der Waals surface area contributed by atoms with Crippen molar-refractivity contribution in [2.45, 2.75) is 19.0 Å². The second-order valence-corrected chi connectivity index (χ2v) is 9.41. The van der Waals surface area contributed by atoms with Crippen LogP contribution in [-0.2, 0) is 14.6 Å². The summed E-state index contributed by atoms with van der Waals surface area (Å²) in [5, 5.41) is 2.40. The second-order valence-electron chi connectivity index (χ2n) is 6.67. The van der Waals surface area contributed by atoms with Crippen LogP contribution in [0.5, 0.6) is 0 Å². The number of nitrogens with one attached hydrogen (secondary N) is 1. The summed E-state index contributed by atoms with van der Waals surface area (Å²) >= 11 is 4.51. The Morgan fingerprint density at radius 1 is 1.21 bits per heavy atom. The van der Waals surface area contributed by atoms with Gasteiger partial charge < -0.3 is 15.0 Å². The molecule has 2 saturated heterocycles. The number of hydrogen-bond donors (Lipinski definition) is 1. The van der Waals surface area contributed by atoms with E-state index in [0.717, 1.165) is 5.69 Å². The van der Waals surface area contributed by atoms with Gasteiger partial charge in [0.2, 0.25) is 0 Å².